The van der Waals surface area contributed by atoms with Gasteiger partial charge in [0.05, 0.1) is 11.3 Å². The van der Waals surface area contributed by atoms with E-state index in [1.165, 1.54) is 16.7 Å². The number of phenols is 1. The Morgan fingerprint density at radius 2 is 1.35 bits per heavy atom. The van der Waals surface area contributed by atoms with Gasteiger partial charge in [-0.1, -0.05) is 132 Å². The SMILES string of the molecule is CC(C)c1cccc(-c2ccc(-c3cc(-c4ccccc4)c4nc(-c5ccccc5N=Cc5cc(C(C)(C)C)ccc5O)oc4c3)cc2)c1. The molecule has 4 nitrogen and oxygen atoms in total. The van der Waals surface area contributed by atoms with Gasteiger partial charge in [-0.05, 0) is 86.7 Å². The zero-order chi connectivity index (χ0) is 34.1. The van der Waals surface area contributed by atoms with E-state index in [0.717, 1.165) is 38.9 Å². The Morgan fingerprint density at radius 1 is 0.653 bits per heavy atom. The summed E-state index contributed by atoms with van der Waals surface area (Å²) in [5, 5.41) is 10.6. The monoisotopic (exact) mass is 640 g/mol. The van der Waals surface area contributed by atoms with Crippen LogP contribution in [0.2, 0.25) is 0 Å². The van der Waals surface area contributed by atoms with Crippen LogP contribution >= 0.6 is 0 Å². The molecule has 49 heavy (non-hydrogen) atoms. The second kappa shape index (κ2) is 13.0. The fraction of sp³-hybridized carbons (Fsp3) is 0.156. The van der Waals surface area contributed by atoms with E-state index in [1.807, 2.05) is 54.6 Å². The molecule has 0 saturated heterocycles. The third-order valence-corrected chi connectivity index (χ3v) is 9.06. The minimum Gasteiger partial charge on any atom is -0.507 e. The van der Waals surface area contributed by atoms with Gasteiger partial charge in [-0.3, -0.25) is 4.99 Å². The molecule has 0 unspecified atom stereocenters. The lowest BCUT2D eigenvalue weighted by Gasteiger charge is -2.19. The first-order chi connectivity index (χ1) is 23.6. The highest BCUT2D eigenvalue weighted by Crippen LogP contribution is 2.39. The van der Waals surface area contributed by atoms with Crippen molar-refractivity contribution in [1.29, 1.82) is 0 Å². The number of aromatic nitrogens is 1. The van der Waals surface area contributed by atoms with Crippen molar-refractivity contribution in [3.8, 4) is 50.6 Å². The molecule has 0 radical (unpaired) electrons. The fourth-order valence-corrected chi connectivity index (χ4v) is 6.11. The summed E-state index contributed by atoms with van der Waals surface area (Å²) in [6.45, 7) is 10.9. The highest BCUT2D eigenvalue weighted by Gasteiger charge is 2.18. The zero-order valence-electron chi connectivity index (χ0n) is 28.6. The molecular formula is C45H40N2O2. The first-order valence-corrected chi connectivity index (χ1v) is 16.8. The molecule has 0 fully saturated rings. The Balaban J connectivity index is 1.29. The Kier molecular flexibility index (Phi) is 8.48. The highest BCUT2D eigenvalue weighted by molar-refractivity contribution is 5.97. The molecule has 0 amide bonds. The summed E-state index contributed by atoms with van der Waals surface area (Å²) in [6.07, 6.45) is 1.71. The molecule has 0 aliphatic heterocycles. The molecule has 0 aliphatic rings. The lowest BCUT2D eigenvalue weighted by Crippen LogP contribution is -2.11. The fourth-order valence-electron chi connectivity index (χ4n) is 6.11. The van der Waals surface area contributed by atoms with E-state index in [-0.39, 0.29) is 11.2 Å². The van der Waals surface area contributed by atoms with Crippen molar-refractivity contribution in [2.45, 2.75) is 46.0 Å². The van der Waals surface area contributed by atoms with Crippen LogP contribution in [0.25, 0.3) is 55.9 Å². The van der Waals surface area contributed by atoms with Gasteiger partial charge in [0, 0.05) is 17.3 Å². The smallest absolute Gasteiger partial charge is 0.229 e. The van der Waals surface area contributed by atoms with Crippen LogP contribution in [0.4, 0.5) is 5.69 Å². The van der Waals surface area contributed by atoms with Crippen molar-refractivity contribution in [2.24, 2.45) is 4.99 Å². The van der Waals surface area contributed by atoms with Gasteiger partial charge in [0.25, 0.3) is 0 Å². The van der Waals surface area contributed by atoms with E-state index in [9.17, 15) is 5.11 Å². The number of rotatable bonds is 7. The zero-order valence-corrected chi connectivity index (χ0v) is 28.6. The summed E-state index contributed by atoms with van der Waals surface area (Å²) in [6, 6.07) is 45.6. The van der Waals surface area contributed by atoms with Crippen molar-refractivity contribution in [1.82, 2.24) is 4.98 Å². The largest absolute Gasteiger partial charge is 0.507 e. The number of fused-ring (bicyclic) bond motifs is 1. The summed E-state index contributed by atoms with van der Waals surface area (Å²) in [7, 11) is 0. The number of para-hydroxylation sites is 1. The quantitative estimate of drug-likeness (QED) is 0.176. The van der Waals surface area contributed by atoms with Gasteiger partial charge in [0.2, 0.25) is 5.89 Å². The van der Waals surface area contributed by atoms with E-state index in [4.69, 9.17) is 14.4 Å². The maximum atomic E-state index is 10.6. The van der Waals surface area contributed by atoms with Crippen LogP contribution in [0, 0.1) is 0 Å². The van der Waals surface area contributed by atoms with Gasteiger partial charge >= 0.3 is 0 Å². The molecule has 0 spiro atoms. The molecule has 0 bridgehead atoms. The van der Waals surface area contributed by atoms with Crippen LogP contribution in [0.3, 0.4) is 0 Å². The third-order valence-electron chi connectivity index (χ3n) is 9.06. The molecule has 7 aromatic rings. The summed E-state index contributed by atoms with van der Waals surface area (Å²) < 4.78 is 6.55. The van der Waals surface area contributed by atoms with E-state index < -0.39 is 0 Å². The molecule has 1 heterocycles. The van der Waals surface area contributed by atoms with E-state index in [0.29, 0.717) is 28.6 Å². The van der Waals surface area contributed by atoms with Crippen LogP contribution in [0.15, 0.2) is 143 Å². The number of hydrogen-bond acceptors (Lipinski definition) is 4. The lowest BCUT2D eigenvalue weighted by molar-refractivity contribution is 0.473. The van der Waals surface area contributed by atoms with Crippen LogP contribution in [0.5, 0.6) is 5.75 Å². The average Bonchev–Trinajstić information content (AvgIpc) is 3.55. The van der Waals surface area contributed by atoms with E-state index >= 15 is 0 Å². The summed E-state index contributed by atoms with van der Waals surface area (Å²) >= 11 is 0. The summed E-state index contributed by atoms with van der Waals surface area (Å²) in [5.41, 5.74) is 12.7. The van der Waals surface area contributed by atoms with Crippen LogP contribution in [-0.4, -0.2) is 16.3 Å². The minimum absolute atomic E-state index is 0.0524. The summed E-state index contributed by atoms with van der Waals surface area (Å²) in [5.74, 6) is 1.16. The molecule has 7 rings (SSSR count). The number of aliphatic imine (C=N–C) groups is 1. The van der Waals surface area contributed by atoms with Crippen LogP contribution in [-0.2, 0) is 5.41 Å². The molecule has 4 heteroatoms. The lowest BCUT2D eigenvalue weighted by atomic mass is 9.86. The highest BCUT2D eigenvalue weighted by atomic mass is 16.3. The minimum atomic E-state index is -0.0524. The van der Waals surface area contributed by atoms with E-state index in [2.05, 4.69) is 107 Å². The van der Waals surface area contributed by atoms with Gasteiger partial charge in [-0.15, -0.1) is 0 Å². The van der Waals surface area contributed by atoms with Crippen molar-refractivity contribution in [2.75, 3.05) is 0 Å². The van der Waals surface area contributed by atoms with Crippen molar-refractivity contribution >= 4 is 23.0 Å². The van der Waals surface area contributed by atoms with Crippen molar-refractivity contribution in [3.05, 3.63) is 150 Å². The number of aromatic hydroxyl groups is 1. The van der Waals surface area contributed by atoms with Crippen molar-refractivity contribution in [3.63, 3.8) is 0 Å². The molecular weight excluding hydrogens is 601 g/mol. The Labute approximate surface area is 288 Å². The number of nitrogens with zero attached hydrogens (tertiary/aromatic N) is 2. The molecule has 1 aromatic heterocycles. The van der Waals surface area contributed by atoms with Gasteiger partial charge in [-0.25, -0.2) is 4.98 Å². The number of hydrogen-bond donors (Lipinski definition) is 1. The second-order valence-electron chi connectivity index (χ2n) is 13.9. The molecule has 0 saturated carbocycles. The van der Waals surface area contributed by atoms with Gasteiger partial charge in [-0.2, -0.15) is 0 Å². The summed E-state index contributed by atoms with van der Waals surface area (Å²) in [4.78, 5) is 9.88. The Hall–Kier alpha value is -5.74. The first-order valence-electron chi connectivity index (χ1n) is 16.8. The third kappa shape index (κ3) is 6.68. The van der Waals surface area contributed by atoms with Crippen LogP contribution in [0.1, 0.15) is 57.2 Å². The predicted octanol–water partition coefficient (Wildman–Crippen LogP) is 12.4. The number of oxazole rings is 1. The van der Waals surface area contributed by atoms with Crippen LogP contribution < -0.4 is 0 Å². The maximum absolute atomic E-state index is 10.6. The maximum Gasteiger partial charge on any atom is 0.229 e. The van der Waals surface area contributed by atoms with Gasteiger partial charge < -0.3 is 9.52 Å². The second-order valence-corrected chi connectivity index (χ2v) is 13.9. The van der Waals surface area contributed by atoms with Crippen molar-refractivity contribution < 1.29 is 9.52 Å². The standard InChI is InChI=1S/C45H40N2O2/c1-29(2)33-14-11-15-34(24-33)30-18-20-31(21-19-30)35-26-39(32-12-7-6-8-13-32)43-42(27-35)49-44(47-43)38-16-9-10-17-40(38)46-28-36-25-37(45(3,4)5)22-23-41(36)48/h6-29,48H,1-5H3. The first kappa shape index (κ1) is 31.8. The normalized spacial score (nSPS) is 12.0. The molecule has 242 valence electrons. The topological polar surface area (TPSA) is 58.6 Å². The molecule has 0 aliphatic carbocycles. The van der Waals surface area contributed by atoms with Gasteiger partial charge in [0.15, 0.2) is 5.58 Å². The molecule has 0 atom stereocenters. The van der Waals surface area contributed by atoms with E-state index in [1.54, 1.807) is 12.3 Å². The van der Waals surface area contributed by atoms with Gasteiger partial charge in [0.1, 0.15) is 11.3 Å². The average molecular weight is 641 g/mol. The Bertz CT molecular complexity index is 2290. The Morgan fingerprint density at radius 3 is 2.08 bits per heavy atom. The molecule has 1 N–H and O–H groups in total. The predicted molar refractivity (Wildman–Crippen MR) is 204 cm³/mol. The molecule has 6 aromatic carbocycles. The number of phenolic OH excluding ortho intramolecular Hbond substituents is 1. The number of benzene rings is 6.